The zero-order valence-corrected chi connectivity index (χ0v) is 17.8. The van der Waals surface area contributed by atoms with Crippen molar-refractivity contribution in [2.75, 3.05) is 7.11 Å². The second-order valence-electron chi connectivity index (χ2n) is 7.41. The van der Waals surface area contributed by atoms with Gasteiger partial charge in [0.25, 0.3) is 0 Å². The molecule has 150 valence electrons. The van der Waals surface area contributed by atoms with Crippen molar-refractivity contribution in [1.29, 1.82) is 0 Å². The van der Waals surface area contributed by atoms with Crippen LogP contribution in [-0.4, -0.2) is 29.9 Å². The van der Waals surface area contributed by atoms with Crippen LogP contribution in [0.2, 0.25) is 0 Å². The molecular weight excluding hydrogens is 364 g/mol. The fraction of sp³-hybridized carbons (Fsp3) is 0.737. The molecule has 7 nitrogen and oxygen atoms in total. The zero-order valence-electron chi connectivity index (χ0n) is 17.0. The highest BCUT2D eigenvalue weighted by molar-refractivity contribution is 7.09. The molecular formula is C19H30N4O3S. The van der Waals surface area contributed by atoms with E-state index in [1.807, 2.05) is 13.8 Å². The number of Topliss-reactive ketones (excluding diaryl/α,β-unsaturated/α-hetero) is 1. The van der Waals surface area contributed by atoms with Gasteiger partial charge in [0, 0.05) is 22.6 Å². The molecule has 0 aliphatic heterocycles. The Kier molecular flexibility index (Phi) is 9.46. The number of esters is 1. The van der Waals surface area contributed by atoms with E-state index in [4.69, 9.17) is 10.3 Å². The Bertz CT molecular complexity index is 682. The maximum absolute atomic E-state index is 12.8. The van der Waals surface area contributed by atoms with E-state index in [-0.39, 0.29) is 23.5 Å². The predicted octanol–water partition coefficient (Wildman–Crippen LogP) is 5.38. The van der Waals surface area contributed by atoms with Crippen LogP contribution >= 0.6 is 11.3 Å². The largest absolute Gasteiger partial charge is 0.464 e. The summed E-state index contributed by atoms with van der Waals surface area (Å²) < 4.78 is 4.70. The van der Waals surface area contributed by atoms with Gasteiger partial charge >= 0.3 is 5.97 Å². The number of azide groups is 1. The molecule has 0 saturated carbocycles. The van der Waals surface area contributed by atoms with Gasteiger partial charge in [-0.2, -0.15) is 0 Å². The van der Waals surface area contributed by atoms with Crippen molar-refractivity contribution in [3.8, 4) is 0 Å². The first kappa shape index (κ1) is 23.1. The van der Waals surface area contributed by atoms with Crippen molar-refractivity contribution in [3.05, 3.63) is 26.5 Å². The summed E-state index contributed by atoms with van der Waals surface area (Å²) in [5, 5.41) is 6.31. The molecule has 27 heavy (non-hydrogen) atoms. The van der Waals surface area contributed by atoms with E-state index in [0.717, 1.165) is 17.8 Å². The molecule has 0 amide bonds. The Morgan fingerprint density at radius 2 is 2.00 bits per heavy atom. The number of ketones is 1. The van der Waals surface area contributed by atoms with Gasteiger partial charge in [0.1, 0.15) is 5.78 Å². The highest BCUT2D eigenvalue weighted by Gasteiger charge is 2.28. The van der Waals surface area contributed by atoms with Crippen molar-refractivity contribution >= 4 is 23.1 Å². The number of rotatable bonds is 11. The number of carbonyl (C=O) groups is 2. The van der Waals surface area contributed by atoms with E-state index < -0.39 is 12.0 Å². The molecule has 4 atom stereocenters. The lowest BCUT2D eigenvalue weighted by Gasteiger charge is -2.25. The van der Waals surface area contributed by atoms with Crippen LogP contribution in [0, 0.1) is 17.8 Å². The zero-order chi connectivity index (χ0) is 20.6. The van der Waals surface area contributed by atoms with Crippen LogP contribution in [-0.2, 0) is 9.53 Å². The smallest absolute Gasteiger partial charge is 0.357 e. The average molecular weight is 395 g/mol. The third-order valence-electron chi connectivity index (χ3n) is 5.09. The van der Waals surface area contributed by atoms with Gasteiger partial charge in [0.2, 0.25) is 0 Å². The minimum absolute atomic E-state index is 0.00226. The number of hydrogen-bond donors (Lipinski definition) is 0. The van der Waals surface area contributed by atoms with Gasteiger partial charge < -0.3 is 4.74 Å². The highest BCUT2D eigenvalue weighted by Crippen LogP contribution is 2.32. The molecule has 0 aliphatic rings. The summed E-state index contributed by atoms with van der Waals surface area (Å²) in [7, 11) is 1.34. The van der Waals surface area contributed by atoms with E-state index in [2.05, 4.69) is 35.8 Å². The molecule has 1 aromatic rings. The number of hydrogen-bond acceptors (Lipinski definition) is 6. The van der Waals surface area contributed by atoms with Crippen LogP contribution < -0.4 is 0 Å². The van der Waals surface area contributed by atoms with E-state index in [0.29, 0.717) is 18.0 Å². The fourth-order valence-corrected chi connectivity index (χ4v) is 3.87. The summed E-state index contributed by atoms with van der Waals surface area (Å²) >= 11 is 1.43. The van der Waals surface area contributed by atoms with Crippen LogP contribution in [0.5, 0.6) is 0 Å². The molecule has 0 aromatic carbocycles. The molecule has 1 heterocycles. The van der Waals surface area contributed by atoms with Crippen molar-refractivity contribution < 1.29 is 14.3 Å². The first-order valence-corrected chi connectivity index (χ1v) is 10.2. The Balaban J connectivity index is 2.86. The van der Waals surface area contributed by atoms with Gasteiger partial charge in [0.05, 0.1) is 18.2 Å². The number of thiazole rings is 1. The molecule has 8 heteroatoms. The molecule has 0 radical (unpaired) electrons. The molecule has 1 rings (SSSR count). The lowest BCUT2D eigenvalue weighted by molar-refractivity contribution is -0.122. The van der Waals surface area contributed by atoms with E-state index in [1.165, 1.54) is 18.4 Å². The summed E-state index contributed by atoms with van der Waals surface area (Å²) in [6.45, 7) is 10.2. The van der Waals surface area contributed by atoms with E-state index >= 15 is 0 Å². The summed E-state index contributed by atoms with van der Waals surface area (Å²) in [5.41, 5.74) is 9.12. The van der Waals surface area contributed by atoms with Crippen molar-refractivity contribution in [2.45, 2.75) is 65.8 Å². The number of nitrogens with zero attached hydrogens (tertiary/aromatic N) is 4. The Morgan fingerprint density at radius 1 is 1.33 bits per heavy atom. The monoisotopic (exact) mass is 394 g/mol. The number of carbonyl (C=O) groups excluding carboxylic acids is 2. The van der Waals surface area contributed by atoms with Crippen LogP contribution in [0.15, 0.2) is 10.5 Å². The SMILES string of the molecule is CCC(C)C(N=[N+]=[N-])C(=O)C[C@H](C[C@@H](C)c1nc(C(=O)OC)cs1)C(C)C. The van der Waals surface area contributed by atoms with Gasteiger partial charge in [-0.25, -0.2) is 9.78 Å². The van der Waals surface area contributed by atoms with Gasteiger partial charge in [0.15, 0.2) is 5.69 Å². The van der Waals surface area contributed by atoms with Crippen LogP contribution in [0.25, 0.3) is 10.4 Å². The molecule has 0 spiro atoms. The summed E-state index contributed by atoms with van der Waals surface area (Å²) in [6, 6.07) is -0.609. The Labute approximate surface area is 165 Å². The number of ether oxygens (including phenoxy) is 1. The van der Waals surface area contributed by atoms with Crippen molar-refractivity contribution in [1.82, 2.24) is 4.98 Å². The molecule has 2 unspecified atom stereocenters. The van der Waals surface area contributed by atoms with Gasteiger partial charge in [-0.05, 0) is 29.7 Å². The van der Waals surface area contributed by atoms with E-state index in [1.54, 1.807) is 5.38 Å². The topological polar surface area (TPSA) is 105 Å². The minimum Gasteiger partial charge on any atom is -0.464 e. The summed E-state index contributed by atoms with van der Waals surface area (Å²) in [5.74, 6) is 0.169. The molecule has 0 N–H and O–H groups in total. The quantitative estimate of drug-likeness (QED) is 0.217. The molecule has 0 bridgehead atoms. The number of methoxy groups -OCH3 is 1. The summed E-state index contributed by atoms with van der Waals surface area (Å²) in [6.07, 6.45) is 1.94. The second-order valence-corrected chi connectivity index (χ2v) is 8.30. The first-order chi connectivity index (χ1) is 12.7. The fourth-order valence-electron chi connectivity index (χ4n) is 3.01. The van der Waals surface area contributed by atoms with Crippen LogP contribution in [0.3, 0.4) is 0 Å². The molecule has 1 aromatic heterocycles. The third-order valence-corrected chi connectivity index (χ3v) is 6.17. The van der Waals surface area contributed by atoms with Crippen LogP contribution in [0.1, 0.15) is 75.3 Å². The van der Waals surface area contributed by atoms with Gasteiger partial charge in [-0.15, -0.1) is 11.3 Å². The standard InChI is InChI=1S/C19H30N4O3S/c1-7-12(4)17(22-23-20)16(24)9-14(11(2)3)8-13(5)18-21-15(10-27-18)19(25)26-6/h10-14,17H,7-9H2,1-6H3/t12?,13-,14+,17?/m1/s1. The molecule has 0 fully saturated rings. The van der Waals surface area contributed by atoms with Crippen molar-refractivity contribution in [3.63, 3.8) is 0 Å². The van der Waals surface area contributed by atoms with E-state index in [9.17, 15) is 9.59 Å². The van der Waals surface area contributed by atoms with Gasteiger partial charge in [-0.3, -0.25) is 4.79 Å². The minimum atomic E-state index is -0.609. The Morgan fingerprint density at radius 3 is 2.52 bits per heavy atom. The second kappa shape index (κ2) is 11.0. The lowest BCUT2D eigenvalue weighted by Crippen LogP contribution is -2.29. The first-order valence-electron chi connectivity index (χ1n) is 9.35. The normalized spacial score (nSPS) is 15.5. The summed E-state index contributed by atoms with van der Waals surface area (Å²) in [4.78, 5) is 31.6. The Hall–Kier alpha value is -1.92. The molecule has 0 aliphatic carbocycles. The predicted molar refractivity (Wildman–Crippen MR) is 107 cm³/mol. The van der Waals surface area contributed by atoms with Gasteiger partial charge in [-0.1, -0.05) is 46.2 Å². The third kappa shape index (κ3) is 6.63. The maximum atomic E-state index is 12.8. The maximum Gasteiger partial charge on any atom is 0.357 e. The van der Waals surface area contributed by atoms with Crippen molar-refractivity contribution in [2.24, 2.45) is 22.9 Å². The highest BCUT2D eigenvalue weighted by atomic mass is 32.1. The van der Waals surface area contributed by atoms with Crippen LogP contribution in [0.4, 0.5) is 0 Å². The lowest BCUT2D eigenvalue weighted by atomic mass is 9.81. The average Bonchev–Trinajstić information content (AvgIpc) is 3.14. The number of aromatic nitrogens is 1. The molecule has 0 saturated heterocycles.